The van der Waals surface area contributed by atoms with Crippen LogP contribution in [0.2, 0.25) is 0 Å². The van der Waals surface area contributed by atoms with Crippen molar-refractivity contribution >= 4 is 22.6 Å². The maximum atomic E-state index is 12.0. The molecule has 0 unspecified atom stereocenters. The lowest BCUT2D eigenvalue weighted by molar-refractivity contribution is -0.154. The Morgan fingerprint density at radius 1 is 1.18 bits per heavy atom. The zero-order valence-electron chi connectivity index (χ0n) is 12.5. The summed E-state index contributed by atoms with van der Waals surface area (Å²) in [6.45, 7) is 1.61. The molecule has 114 valence electrons. The molecule has 3 rings (SSSR count). The molecule has 0 radical (unpaired) electrons. The van der Waals surface area contributed by atoms with E-state index < -0.39 is 6.10 Å². The summed E-state index contributed by atoms with van der Waals surface area (Å²) in [6.07, 6.45) is 1.47. The van der Waals surface area contributed by atoms with Crippen molar-refractivity contribution in [3.8, 4) is 0 Å². The number of hydrogen-bond donors (Lipinski definition) is 1. The van der Waals surface area contributed by atoms with E-state index in [1.54, 1.807) is 6.92 Å². The molecule has 0 heterocycles. The van der Waals surface area contributed by atoms with Crippen LogP contribution in [0.4, 0.5) is 0 Å². The van der Waals surface area contributed by atoms with Crippen LogP contribution in [0.5, 0.6) is 0 Å². The first kappa shape index (κ1) is 14.6. The van der Waals surface area contributed by atoms with Gasteiger partial charge >= 0.3 is 5.97 Å². The van der Waals surface area contributed by atoms with Crippen LogP contribution in [0.3, 0.4) is 0 Å². The van der Waals surface area contributed by atoms with Gasteiger partial charge in [0.1, 0.15) is 0 Å². The van der Waals surface area contributed by atoms with E-state index in [1.807, 2.05) is 42.5 Å². The van der Waals surface area contributed by atoms with Crippen molar-refractivity contribution in [1.82, 2.24) is 5.32 Å². The molecule has 1 N–H and O–H groups in total. The molecule has 0 aliphatic heterocycles. The summed E-state index contributed by atoms with van der Waals surface area (Å²) in [6, 6.07) is 14.1. The van der Waals surface area contributed by atoms with E-state index >= 15 is 0 Å². The van der Waals surface area contributed by atoms with Crippen molar-refractivity contribution in [2.45, 2.75) is 38.3 Å². The Hall–Kier alpha value is -2.36. The summed E-state index contributed by atoms with van der Waals surface area (Å²) < 4.78 is 5.21. The highest BCUT2D eigenvalue weighted by molar-refractivity contribution is 5.86. The van der Waals surface area contributed by atoms with Gasteiger partial charge in [0.25, 0.3) is 5.91 Å². The quantitative estimate of drug-likeness (QED) is 0.863. The minimum atomic E-state index is -0.742. The molecule has 0 bridgehead atoms. The Kier molecular flexibility index (Phi) is 4.09. The normalized spacial score (nSPS) is 15.3. The van der Waals surface area contributed by atoms with Gasteiger partial charge in [0.15, 0.2) is 6.10 Å². The number of carbonyl (C=O) groups is 2. The van der Waals surface area contributed by atoms with E-state index in [4.69, 9.17) is 4.74 Å². The highest BCUT2D eigenvalue weighted by Crippen LogP contribution is 2.19. The fourth-order valence-corrected chi connectivity index (χ4v) is 2.35. The molecule has 22 heavy (non-hydrogen) atoms. The summed E-state index contributed by atoms with van der Waals surface area (Å²) in [4.78, 5) is 23.7. The summed E-state index contributed by atoms with van der Waals surface area (Å²) in [5.74, 6) is -0.594. The SMILES string of the molecule is C[C@@H](OC(=O)Cc1ccc2ccccc2c1)C(=O)NC1CC1. The Labute approximate surface area is 129 Å². The third-order valence-corrected chi connectivity index (χ3v) is 3.76. The number of amides is 1. The molecule has 1 aliphatic carbocycles. The molecule has 0 aromatic heterocycles. The predicted octanol–water partition coefficient (Wildman–Crippen LogP) is 2.59. The first-order chi connectivity index (χ1) is 10.6. The molecule has 1 saturated carbocycles. The van der Waals surface area contributed by atoms with Crippen molar-refractivity contribution in [1.29, 1.82) is 0 Å². The van der Waals surface area contributed by atoms with Gasteiger partial charge < -0.3 is 10.1 Å². The zero-order valence-corrected chi connectivity index (χ0v) is 12.5. The second kappa shape index (κ2) is 6.18. The van der Waals surface area contributed by atoms with Gasteiger partial charge in [-0.05, 0) is 36.1 Å². The summed E-state index contributed by atoms with van der Waals surface area (Å²) in [5.41, 5.74) is 0.888. The lowest BCUT2D eigenvalue weighted by atomic mass is 10.1. The van der Waals surface area contributed by atoms with Crippen LogP contribution in [0, 0.1) is 0 Å². The molecule has 4 heteroatoms. The highest BCUT2D eigenvalue weighted by Gasteiger charge is 2.27. The Balaban J connectivity index is 1.58. The number of carbonyl (C=O) groups excluding carboxylic acids is 2. The summed E-state index contributed by atoms with van der Waals surface area (Å²) >= 11 is 0. The highest BCUT2D eigenvalue weighted by atomic mass is 16.5. The van der Waals surface area contributed by atoms with E-state index in [0.717, 1.165) is 29.2 Å². The van der Waals surface area contributed by atoms with Gasteiger partial charge in [-0.15, -0.1) is 0 Å². The number of benzene rings is 2. The largest absolute Gasteiger partial charge is 0.452 e. The number of nitrogens with one attached hydrogen (secondary N) is 1. The summed E-state index contributed by atoms with van der Waals surface area (Å²) in [5, 5.41) is 5.06. The Morgan fingerprint density at radius 3 is 2.64 bits per heavy atom. The van der Waals surface area contributed by atoms with Crippen LogP contribution in [0.1, 0.15) is 25.3 Å². The second-order valence-corrected chi connectivity index (χ2v) is 5.77. The van der Waals surface area contributed by atoms with E-state index in [2.05, 4.69) is 5.32 Å². The lowest BCUT2D eigenvalue weighted by Gasteiger charge is -2.13. The van der Waals surface area contributed by atoms with Crippen molar-refractivity contribution < 1.29 is 14.3 Å². The average Bonchev–Trinajstić information content (AvgIpc) is 3.31. The smallest absolute Gasteiger partial charge is 0.311 e. The van der Waals surface area contributed by atoms with E-state index in [1.165, 1.54) is 0 Å². The Bertz CT molecular complexity index is 706. The molecule has 1 amide bonds. The van der Waals surface area contributed by atoms with Crippen LogP contribution in [0.15, 0.2) is 42.5 Å². The lowest BCUT2D eigenvalue weighted by Crippen LogP contribution is -2.37. The van der Waals surface area contributed by atoms with Gasteiger partial charge in [0.05, 0.1) is 6.42 Å². The monoisotopic (exact) mass is 297 g/mol. The second-order valence-electron chi connectivity index (χ2n) is 5.77. The predicted molar refractivity (Wildman–Crippen MR) is 84.4 cm³/mol. The maximum absolute atomic E-state index is 12.0. The molecule has 0 saturated heterocycles. The molecule has 2 aromatic carbocycles. The van der Waals surface area contributed by atoms with Crippen LogP contribution in [0.25, 0.3) is 10.8 Å². The van der Waals surface area contributed by atoms with Crippen LogP contribution in [-0.4, -0.2) is 24.0 Å². The average molecular weight is 297 g/mol. The first-order valence-corrected chi connectivity index (χ1v) is 7.59. The van der Waals surface area contributed by atoms with Crippen LogP contribution >= 0.6 is 0 Å². The van der Waals surface area contributed by atoms with Gasteiger partial charge in [0.2, 0.25) is 0 Å². The topological polar surface area (TPSA) is 55.4 Å². The van der Waals surface area contributed by atoms with E-state index in [-0.39, 0.29) is 24.3 Å². The number of rotatable bonds is 5. The van der Waals surface area contributed by atoms with Gasteiger partial charge in [0, 0.05) is 6.04 Å². The van der Waals surface area contributed by atoms with Gasteiger partial charge in [-0.1, -0.05) is 42.5 Å². The third-order valence-electron chi connectivity index (χ3n) is 3.76. The molecule has 4 nitrogen and oxygen atoms in total. The van der Waals surface area contributed by atoms with Gasteiger partial charge in [-0.2, -0.15) is 0 Å². The fourth-order valence-electron chi connectivity index (χ4n) is 2.35. The zero-order chi connectivity index (χ0) is 15.5. The molecule has 1 aliphatic rings. The Morgan fingerprint density at radius 2 is 1.91 bits per heavy atom. The van der Waals surface area contributed by atoms with Crippen molar-refractivity contribution in [3.05, 3.63) is 48.0 Å². The number of hydrogen-bond acceptors (Lipinski definition) is 3. The molecule has 2 aromatic rings. The molecular weight excluding hydrogens is 278 g/mol. The number of esters is 1. The van der Waals surface area contributed by atoms with Gasteiger partial charge in [-0.25, -0.2) is 0 Å². The fraction of sp³-hybridized carbons (Fsp3) is 0.333. The molecule has 1 fully saturated rings. The van der Waals surface area contributed by atoms with Crippen molar-refractivity contribution in [2.24, 2.45) is 0 Å². The molecule has 0 spiro atoms. The standard InChI is InChI=1S/C18H19NO3/c1-12(18(21)19-16-8-9-16)22-17(20)11-13-6-7-14-4-2-3-5-15(14)10-13/h2-7,10,12,16H,8-9,11H2,1H3,(H,19,21)/t12-/m1/s1. The van der Waals surface area contributed by atoms with Crippen molar-refractivity contribution in [2.75, 3.05) is 0 Å². The minimum absolute atomic E-state index is 0.173. The van der Waals surface area contributed by atoms with Gasteiger partial charge in [-0.3, -0.25) is 9.59 Å². The van der Waals surface area contributed by atoms with Crippen LogP contribution < -0.4 is 5.32 Å². The third kappa shape index (κ3) is 3.64. The summed E-state index contributed by atoms with van der Waals surface area (Å²) in [7, 11) is 0. The maximum Gasteiger partial charge on any atom is 0.311 e. The minimum Gasteiger partial charge on any atom is -0.452 e. The van der Waals surface area contributed by atoms with E-state index in [9.17, 15) is 9.59 Å². The number of ether oxygens (including phenoxy) is 1. The van der Waals surface area contributed by atoms with E-state index in [0.29, 0.717) is 0 Å². The first-order valence-electron chi connectivity index (χ1n) is 7.59. The number of fused-ring (bicyclic) bond motifs is 1. The molecular formula is C18H19NO3. The van der Waals surface area contributed by atoms with Crippen molar-refractivity contribution in [3.63, 3.8) is 0 Å². The van der Waals surface area contributed by atoms with Crippen LogP contribution in [-0.2, 0) is 20.7 Å². The molecule has 1 atom stereocenters.